The van der Waals surface area contributed by atoms with E-state index in [-0.39, 0.29) is 33.1 Å². The van der Waals surface area contributed by atoms with Crippen LogP contribution < -0.4 is 0 Å². The van der Waals surface area contributed by atoms with E-state index in [2.05, 4.69) is 0 Å². The van der Waals surface area contributed by atoms with Crippen molar-refractivity contribution in [1.82, 2.24) is 4.31 Å². The van der Waals surface area contributed by atoms with Gasteiger partial charge in [-0.25, -0.2) is 13.2 Å². The number of carbonyl (C=O) groups is 1. The van der Waals surface area contributed by atoms with Gasteiger partial charge in [0.05, 0.1) is 10.6 Å². The molecule has 1 unspecified atom stereocenters. The molecule has 5 nitrogen and oxygen atoms in total. The van der Waals surface area contributed by atoms with Crippen molar-refractivity contribution in [3.63, 3.8) is 0 Å². The lowest BCUT2D eigenvalue weighted by Gasteiger charge is -2.27. The second kappa shape index (κ2) is 6.96. The van der Waals surface area contributed by atoms with Crippen LogP contribution in [0.3, 0.4) is 0 Å². The first-order valence-electron chi connectivity index (χ1n) is 6.40. The van der Waals surface area contributed by atoms with E-state index in [9.17, 15) is 13.2 Å². The van der Waals surface area contributed by atoms with Gasteiger partial charge in [-0.1, -0.05) is 37.0 Å². The van der Waals surface area contributed by atoms with Crippen LogP contribution in [0.1, 0.15) is 37.6 Å². The molecule has 1 rings (SSSR count). The zero-order valence-corrected chi connectivity index (χ0v) is 14.3. The van der Waals surface area contributed by atoms with Gasteiger partial charge in [0.1, 0.15) is 4.90 Å². The molecule has 0 aliphatic carbocycles. The lowest BCUT2D eigenvalue weighted by atomic mass is 10.2. The molecule has 1 atom stereocenters. The number of carboxylic acid groups (broad SMARTS) is 1. The molecular weight excluding hydrogens is 337 g/mol. The first-order chi connectivity index (χ1) is 9.66. The van der Waals surface area contributed by atoms with Crippen LogP contribution in [0.2, 0.25) is 10.0 Å². The Morgan fingerprint density at radius 2 is 1.90 bits per heavy atom. The second-order valence-electron chi connectivity index (χ2n) is 4.54. The fourth-order valence-electron chi connectivity index (χ4n) is 1.96. The van der Waals surface area contributed by atoms with Crippen molar-refractivity contribution in [2.45, 2.75) is 38.1 Å². The molecule has 0 saturated carbocycles. The highest BCUT2D eigenvalue weighted by atomic mass is 35.5. The Balaban J connectivity index is 3.55. The number of aromatic carboxylic acids is 1. The van der Waals surface area contributed by atoms with Crippen LogP contribution in [0.4, 0.5) is 0 Å². The highest BCUT2D eigenvalue weighted by Gasteiger charge is 2.31. The van der Waals surface area contributed by atoms with Crippen LogP contribution in [-0.4, -0.2) is 36.4 Å². The van der Waals surface area contributed by atoms with Crippen molar-refractivity contribution in [3.8, 4) is 0 Å². The van der Waals surface area contributed by atoms with Crippen LogP contribution in [0, 0.1) is 0 Å². The second-order valence-corrected chi connectivity index (χ2v) is 7.21. The molecule has 0 aliphatic heterocycles. The topological polar surface area (TPSA) is 74.7 Å². The van der Waals surface area contributed by atoms with Gasteiger partial charge in [-0.2, -0.15) is 4.31 Å². The van der Waals surface area contributed by atoms with Gasteiger partial charge in [0.15, 0.2) is 0 Å². The minimum absolute atomic E-state index is 0.00980. The van der Waals surface area contributed by atoms with Gasteiger partial charge in [-0.15, -0.1) is 0 Å². The molecule has 21 heavy (non-hydrogen) atoms. The maximum Gasteiger partial charge on any atom is 0.337 e. The van der Waals surface area contributed by atoms with Crippen molar-refractivity contribution < 1.29 is 18.3 Å². The predicted molar refractivity (Wildman–Crippen MR) is 82.7 cm³/mol. The third kappa shape index (κ3) is 3.69. The van der Waals surface area contributed by atoms with Crippen molar-refractivity contribution in [1.29, 1.82) is 0 Å². The van der Waals surface area contributed by atoms with Crippen LogP contribution in [0.15, 0.2) is 17.0 Å². The summed E-state index contributed by atoms with van der Waals surface area (Å²) in [4.78, 5) is 10.8. The Kier molecular flexibility index (Phi) is 6.04. The van der Waals surface area contributed by atoms with Crippen molar-refractivity contribution >= 4 is 39.2 Å². The van der Waals surface area contributed by atoms with Crippen molar-refractivity contribution in [3.05, 3.63) is 27.7 Å². The molecule has 0 aliphatic rings. The number of halogens is 2. The van der Waals surface area contributed by atoms with Crippen molar-refractivity contribution in [2.75, 3.05) is 6.54 Å². The summed E-state index contributed by atoms with van der Waals surface area (Å²) >= 11 is 11.8. The van der Waals surface area contributed by atoms with Gasteiger partial charge < -0.3 is 5.11 Å². The molecule has 1 aromatic rings. The summed E-state index contributed by atoms with van der Waals surface area (Å²) in [5.41, 5.74) is -0.331. The molecule has 0 heterocycles. The highest BCUT2D eigenvalue weighted by molar-refractivity contribution is 7.89. The number of carboxylic acids is 1. The number of nitrogens with zero attached hydrogens (tertiary/aromatic N) is 1. The van der Waals surface area contributed by atoms with Gasteiger partial charge in [0.2, 0.25) is 10.0 Å². The fraction of sp³-hybridized carbons (Fsp3) is 0.462. The molecule has 0 fully saturated rings. The standard InChI is InChI=1S/C13H17Cl2NO4S/c1-4-8(3)16(5-2)21(19,20)11-7-9(14)6-10(12(11)15)13(17)18/h6-8H,4-5H2,1-3H3,(H,17,18). The molecule has 0 amide bonds. The molecule has 0 radical (unpaired) electrons. The summed E-state index contributed by atoms with van der Waals surface area (Å²) in [7, 11) is -3.92. The number of sulfonamides is 1. The first-order valence-corrected chi connectivity index (χ1v) is 8.60. The smallest absolute Gasteiger partial charge is 0.337 e. The first kappa shape index (κ1) is 18.2. The maximum absolute atomic E-state index is 12.7. The molecule has 8 heteroatoms. The Hall–Kier alpha value is -0.820. The van der Waals surface area contributed by atoms with Gasteiger partial charge in [-0.05, 0) is 25.5 Å². The van der Waals surface area contributed by atoms with Crippen molar-refractivity contribution in [2.24, 2.45) is 0 Å². The third-order valence-corrected chi connectivity index (χ3v) is 6.07. The number of hydrogen-bond donors (Lipinski definition) is 1. The zero-order valence-electron chi connectivity index (χ0n) is 11.9. The highest BCUT2D eigenvalue weighted by Crippen LogP contribution is 2.32. The number of benzene rings is 1. The molecule has 0 aromatic heterocycles. The van der Waals surface area contributed by atoms with E-state index in [0.717, 1.165) is 6.07 Å². The van der Waals surface area contributed by atoms with Crippen LogP contribution >= 0.6 is 23.2 Å². The van der Waals surface area contributed by atoms with Crippen LogP contribution in [0.25, 0.3) is 0 Å². The van der Waals surface area contributed by atoms with E-state index < -0.39 is 16.0 Å². The van der Waals surface area contributed by atoms with Gasteiger partial charge >= 0.3 is 5.97 Å². The minimum Gasteiger partial charge on any atom is -0.478 e. The summed E-state index contributed by atoms with van der Waals surface area (Å²) in [6.45, 7) is 5.60. The Morgan fingerprint density at radius 1 is 1.33 bits per heavy atom. The lowest BCUT2D eigenvalue weighted by Crippen LogP contribution is -2.38. The lowest BCUT2D eigenvalue weighted by molar-refractivity contribution is 0.0697. The Labute approximate surface area is 134 Å². The minimum atomic E-state index is -3.92. The number of rotatable bonds is 6. The SMILES string of the molecule is CCC(C)N(CC)S(=O)(=O)c1cc(Cl)cc(C(=O)O)c1Cl. The molecule has 0 saturated heterocycles. The average Bonchev–Trinajstić information content (AvgIpc) is 2.40. The normalized spacial score (nSPS) is 13.4. The molecule has 0 bridgehead atoms. The van der Waals surface area contributed by atoms with E-state index in [4.69, 9.17) is 28.3 Å². The molecule has 118 valence electrons. The monoisotopic (exact) mass is 353 g/mol. The summed E-state index contributed by atoms with van der Waals surface area (Å²) in [5.74, 6) is -1.33. The zero-order chi connectivity index (χ0) is 16.4. The van der Waals surface area contributed by atoms with E-state index in [0.29, 0.717) is 6.42 Å². The number of hydrogen-bond acceptors (Lipinski definition) is 3. The quantitative estimate of drug-likeness (QED) is 0.848. The molecule has 0 spiro atoms. The van der Waals surface area contributed by atoms with E-state index >= 15 is 0 Å². The summed E-state index contributed by atoms with van der Waals surface area (Å²) in [5, 5.41) is 8.76. The van der Waals surface area contributed by atoms with E-state index in [1.807, 2.05) is 6.92 Å². The van der Waals surface area contributed by atoms with Gasteiger partial charge in [0, 0.05) is 17.6 Å². The van der Waals surface area contributed by atoms with E-state index in [1.54, 1.807) is 13.8 Å². The van der Waals surface area contributed by atoms with Crippen LogP contribution in [0.5, 0.6) is 0 Å². The van der Waals surface area contributed by atoms with Gasteiger partial charge in [-0.3, -0.25) is 0 Å². The molecular formula is C13H17Cl2NO4S. The Bertz CT molecular complexity index is 646. The largest absolute Gasteiger partial charge is 0.478 e. The Morgan fingerprint density at radius 3 is 2.33 bits per heavy atom. The summed E-state index contributed by atoms with van der Waals surface area (Å²) < 4.78 is 26.7. The predicted octanol–water partition coefficient (Wildman–Crippen LogP) is 3.50. The molecule has 1 aromatic carbocycles. The molecule has 1 N–H and O–H groups in total. The third-order valence-electron chi connectivity index (χ3n) is 3.22. The maximum atomic E-state index is 12.7. The van der Waals surface area contributed by atoms with Gasteiger partial charge in [0.25, 0.3) is 0 Å². The fourth-order valence-corrected chi connectivity index (χ4v) is 4.55. The van der Waals surface area contributed by atoms with E-state index in [1.165, 1.54) is 10.4 Å². The average molecular weight is 354 g/mol. The summed E-state index contributed by atoms with van der Waals surface area (Å²) in [6.07, 6.45) is 0.622. The van der Waals surface area contributed by atoms with Crippen LogP contribution in [-0.2, 0) is 10.0 Å². The summed E-state index contributed by atoms with van der Waals surface area (Å²) in [6, 6.07) is 2.07.